The molecule has 1 aliphatic heterocycles. The molecule has 0 N–H and O–H groups in total. The van der Waals surface area contributed by atoms with Gasteiger partial charge in [0.2, 0.25) is 0 Å². The van der Waals surface area contributed by atoms with E-state index in [9.17, 15) is 9.18 Å². The van der Waals surface area contributed by atoms with Gasteiger partial charge in [-0.2, -0.15) is 4.39 Å². The maximum atomic E-state index is 13.7. The summed E-state index contributed by atoms with van der Waals surface area (Å²) in [5.74, 6) is 0. The zero-order valence-electron chi connectivity index (χ0n) is 21.6. The standard InChI is InChI=1S/C29H35FN4OS/c1-5-33-24-8-6-7-9-25(24)34(27(33)35)20-29(15-14-23-12-13-26(30)36-23)16-17-32(19-29)28(3,4)22-11-10-21(2)31-18-22/h6-13,18H,5,14-17,19-20H2,1-4H3. The minimum Gasteiger partial charge on any atom is -0.293 e. The fourth-order valence-electron chi connectivity index (χ4n) is 5.78. The van der Waals surface area contributed by atoms with Gasteiger partial charge >= 0.3 is 5.69 Å². The number of fused-ring (bicyclic) bond motifs is 1. The van der Waals surface area contributed by atoms with Gasteiger partial charge in [0.15, 0.2) is 5.13 Å². The number of rotatable bonds is 8. The summed E-state index contributed by atoms with van der Waals surface area (Å²) in [4.78, 5) is 21.7. The second-order valence-corrected chi connectivity index (χ2v) is 11.8. The van der Waals surface area contributed by atoms with Crippen LogP contribution < -0.4 is 5.69 Å². The van der Waals surface area contributed by atoms with Gasteiger partial charge in [-0.15, -0.1) is 11.3 Å². The minimum atomic E-state index is -0.181. The Labute approximate surface area is 216 Å². The third kappa shape index (κ3) is 4.55. The van der Waals surface area contributed by atoms with Crippen molar-refractivity contribution in [1.29, 1.82) is 0 Å². The largest absolute Gasteiger partial charge is 0.329 e. The van der Waals surface area contributed by atoms with E-state index in [0.29, 0.717) is 13.1 Å². The molecule has 1 atom stereocenters. The number of pyridine rings is 1. The van der Waals surface area contributed by atoms with Gasteiger partial charge in [-0.3, -0.25) is 19.0 Å². The molecule has 0 aliphatic carbocycles. The molecule has 36 heavy (non-hydrogen) atoms. The molecule has 1 aromatic carbocycles. The van der Waals surface area contributed by atoms with Gasteiger partial charge in [0.05, 0.1) is 11.0 Å². The van der Waals surface area contributed by atoms with Gasteiger partial charge in [0.1, 0.15) is 0 Å². The number of aryl methyl sites for hydroxylation is 3. The van der Waals surface area contributed by atoms with E-state index in [1.54, 1.807) is 6.07 Å². The molecule has 1 saturated heterocycles. The Balaban J connectivity index is 1.50. The van der Waals surface area contributed by atoms with Gasteiger partial charge in [0.25, 0.3) is 0 Å². The number of imidazole rings is 1. The average molecular weight is 507 g/mol. The number of nitrogens with zero attached hydrogens (tertiary/aromatic N) is 4. The highest BCUT2D eigenvalue weighted by molar-refractivity contribution is 7.10. The molecule has 4 aromatic rings. The van der Waals surface area contributed by atoms with Gasteiger partial charge in [-0.1, -0.05) is 18.2 Å². The number of aromatic nitrogens is 3. The van der Waals surface area contributed by atoms with Crippen LogP contribution in [0.1, 0.15) is 49.7 Å². The Bertz CT molecular complexity index is 1420. The molecule has 0 saturated carbocycles. The number of hydrogen-bond donors (Lipinski definition) is 0. The first-order valence-corrected chi connectivity index (χ1v) is 13.6. The first-order valence-electron chi connectivity index (χ1n) is 12.8. The highest BCUT2D eigenvalue weighted by Crippen LogP contribution is 2.43. The van der Waals surface area contributed by atoms with Crippen LogP contribution in [0.5, 0.6) is 0 Å². The van der Waals surface area contributed by atoms with Crippen LogP contribution in [0.3, 0.4) is 0 Å². The average Bonchev–Trinajstić information content (AvgIpc) is 3.55. The molecule has 0 spiro atoms. The van der Waals surface area contributed by atoms with Crippen LogP contribution in [0.25, 0.3) is 11.0 Å². The first kappa shape index (κ1) is 24.9. The quantitative estimate of drug-likeness (QED) is 0.295. The summed E-state index contributed by atoms with van der Waals surface area (Å²) >= 11 is 1.23. The van der Waals surface area contributed by atoms with Gasteiger partial charge in [0, 0.05) is 47.4 Å². The van der Waals surface area contributed by atoms with Gasteiger partial charge < -0.3 is 0 Å². The smallest absolute Gasteiger partial charge is 0.293 e. The summed E-state index contributed by atoms with van der Waals surface area (Å²) in [7, 11) is 0. The van der Waals surface area contributed by atoms with Crippen LogP contribution in [0.4, 0.5) is 4.39 Å². The van der Waals surface area contributed by atoms with Crippen molar-refractivity contribution in [3.05, 3.63) is 86.5 Å². The second kappa shape index (κ2) is 9.60. The Morgan fingerprint density at radius 2 is 1.83 bits per heavy atom. The molecule has 0 bridgehead atoms. The predicted octanol–water partition coefficient (Wildman–Crippen LogP) is 5.99. The molecule has 1 aliphatic rings. The lowest BCUT2D eigenvalue weighted by molar-refractivity contribution is 0.120. The normalized spacial score (nSPS) is 18.9. The number of likely N-dealkylation sites (tertiary alicyclic amines) is 1. The summed E-state index contributed by atoms with van der Waals surface area (Å²) in [5, 5.41) is -0.137. The van der Waals surface area contributed by atoms with Gasteiger partial charge in [-0.05, 0) is 89.4 Å². The third-order valence-electron chi connectivity index (χ3n) is 8.11. The van der Waals surface area contributed by atoms with E-state index in [-0.39, 0.29) is 21.8 Å². The molecule has 5 nitrogen and oxygen atoms in total. The topological polar surface area (TPSA) is 43.1 Å². The van der Waals surface area contributed by atoms with E-state index in [1.807, 2.05) is 53.4 Å². The Morgan fingerprint density at radius 1 is 1.08 bits per heavy atom. The number of halogens is 1. The molecule has 0 radical (unpaired) electrons. The van der Waals surface area contributed by atoms with Crippen LogP contribution in [0.2, 0.25) is 0 Å². The van der Waals surface area contributed by atoms with Crippen molar-refractivity contribution >= 4 is 22.4 Å². The van der Waals surface area contributed by atoms with Crippen molar-refractivity contribution in [2.45, 2.75) is 65.6 Å². The monoisotopic (exact) mass is 506 g/mol. The number of benzene rings is 1. The molecule has 5 rings (SSSR count). The van der Waals surface area contributed by atoms with Gasteiger partial charge in [-0.25, -0.2) is 4.79 Å². The molecule has 190 valence electrons. The zero-order valence-corrected chi connectivity index (χ0v) is 22.4. The fourth-order valence-corrected chi connectivity index (χ4v) is 6.50. The van der Waals surface area contributed by atoms with E-state index >= 15 is 0 Å². The van der Waals surface area contributed by atoms with Crippen LogP contribution in [0.15, 0.2) is 59.5 Å². The lowest BCUT2D eigenvalue weighted by atomic mass is 9.81. The van der Waals surface area contributed by atoms with Crippen LogP contribution >= 0.6 is 11.3 Å². The van der Waals surface area contributed by atoms with Crippen molar-refractivity contribution in [1.82, 2.24) is 19.0 Å². The summed E-state index contributed by atoms with van der Waals surface area (Å²) in [5.41, 5.74) is 3.97. The summed E-state index contributed by atoms with van der Waals surface area (Å²) in [6, 6.07) is 15.8. The van der Waals surface area contributed by atoms with E-state index in [0.717, 1.165) is 54.0 Å². The maximum Gasteiger partial charge on any atom is 0.329 e. The molecule has 0 amide bonds. The number of hydrogen-bond acceptors (Lipinski definition) is 4. The van der Waals surface area contributed by atoms with Crippen molar-refractivity contribution in [2.75, 3.05) is 13.1 Å². The minimum absolute atomic E-state index is 0.0562. The molecule has 1 fully saturated rings. The summed E-state index contributed by atoms with van der Waals surface area (Å²) in [6.07, 6.45) is 4.70. The van der Waals surface area contributed by atoms with E-state index < -0.39 is 0 Å². The predicted molar refractivity (Wildman–Crippen MR) is 145 cm³/mol. The van der Waals surface area contributed by atoms with Crippen molar-refractivity contribution in [2.24, 2.45) is 5.41 Å². The van der Waals surface area contributed by atoms with Crippen molar-refractivity contribution in [3.63, 3.8) is 0 Å². The first-order chi connectivity index (χ1) is 17.2. The maximum absolute atomic E-state index is 13.7. The highest BCUT2D eigenvalue weighted by Gasteiger charge is 2.44. The van der Waals surface area contributed by atoms with Crippen molar-refractivity contribution < 1.29 is 4.39 Å². The molecular weight excluding hydrogens is 471 g/mol. The SMILES string of the molecule is CCn1c(=O)n(CC2(CCc3ccc(F)s3)CCN(C(C)(C)c3ccc(C)nc3)C2)c2ccccc21. The van der Waals surface area contributed by atoms with E-state index in [1.165, 1.54) is 16.9 Å². The number of thiophene rings is 1. The van der Waals surface area contributed by atoms with Crippen LogP contribution in [-0.2, 0) is 25.0 Å². The van der Waals surface area contributed by atoms with Crippen LogP contribution in [-0.4, -0.2) is 32.1 Å². The zero-order chi connectivity index (χ0) is 25.5. The molecule has 4 heterocycles. The summed E-state index contributed by atoms with van der Waals surface area (Å²) < 4.78 is 17.6. The number of para-hydroxylation sites is 2. The Morgan fingerprint density at radius 3 is 2.47 bits per heavy atom. The van der Waals surface area contributed by atoms with E-state index in [2.05, 4.69) is 41.9 Å². The van der Waals surface area contributed by atoms with Crippen molar-refractivity contribution in [3.8, 4) is 0 Å². The molecule has 7 heteroatoms. The lowest BCUT2D eigenvalue weighted by Gasteiger charge is -2.38. The molecule has 3 aromatic heterocycles. The molecule has 1 unspecified atom stereocenters. The Kier molecular flexibility index (Phi) is 6.64. The fraction of sp³-hybridized carbons (Fsp3) is 0.448. The third-order valence-corrected chi connectivity index (χ3v) is 9.05. The lowest BCUT2D eigenvalue weighted by Crippen LogP contribution is -2.43. The van der Waals surface area contributed by atoms with E-state index in [4.69, 9.17) is 0 Å². The second-order valence-electron chi connectivity index (χ2n) is 10.7. The molecular formula is C29H35FN4OS. The highest BCUT2D eigenvalue weighted by atomic mass is 32.1. The van der Waals surface area contributed by atoms with Crippen LogP contribution in [0, 0.1) is 17.5 Å². The summed E-state index contributed by atoms with van der Waals surface area (Å²) in [6.45, 7) is 11.7. The Hall–Kier alpha value is -2.77.